The molecule has 0 radical (unpaired) electrons. The average molecular weight is 361 g/mol. The molecule has 0 unspecified atom stereocenters. The molecule has 5 rings (SSSR count). The topological polar surface area (TPSA) is 62.3 Å². The van der Waals surface area contributed by atoms with E-state index in [9.17, 15) is 9.90 Å². The van der Waals surface area contributed by atoms with E-state index in [4.69, 9.17) is 4.74 Å². The Hall–Kier alpha value is -1.40. The Morgan fingerprint density at radius 3 is 2.96 bits per heavy atom. The van der Waals surface area contributed by atoms with Gasteiger partial charge in [-0.25, -0.2) is 0 Å². The summed E-state index contributed by atoms with van der Waals surface area (Å²) in [4.78, 5) is 16.1. The number of H-pyrrole nitrogens is 1. The molecule has 24 heavy (non-hydrogen) atoms. The number of thioether (sulfide) groups is 1. The summed E-state index contributed by atoms with van der Waals surface area (Å²) in [5.41, 5.74) is 0.911. The largest absolute Gasteiger partial charge is 0.504 e. The van der Waals surface area contributed by atoms with E-state index in [-0.39, 0.29) is 16.5 Å². The second-order valence-corrected chi connectivity index (χ2v) is 9.28. The predicted octanol–water partition coefficient (Wildman–Crippen LogP) is 3.80. The second kappa shape index (κ2) is 5.30. The highest BCUT2D eigenvalue weighted by Crippen LogP contribution is 2.64. The number of fused-ring (bicyclic) bond motifs is 6. The number of ether oxygens (including phenoxy) is 1. The van der Waals surface area contributed by atoms with Gasteiger partial charge >= 0.3 is 4.87 Å². The number of hydrogen-bond acceptors (Lipinski definition) is 5. The number of phenols is 1. The number of phenolic OH excluding ortho intramolecular Hbond substituents is 1. The van der Waals surface area contributed by atoms with Crippen molar-refractivity contribution >= 4 is 23.1 Å². The molecule has 0 amide bonds. The number of aromatic nitrogens is 1. The van der Waals surface area contributed by atoms with Crippen LogP contribution in [0.1, 0.15) is 35.6 Å². The zero-order valence-electron chi connectivity index (χ0n) is 13.3. The number of nitrogens with one attached hydrogen (secondary N) is 1. The molecular weight excluding hydrogens is 342 g/mol. The number of thiazole rings is 1. The van der Waals surface area contributed by atoms with Crippen molar-refractivity contribution in [1.82, 2.24) is 4.98 Å². The molecular formula is C18H19NO3S2. The molecule has 1 aliphatic heterocycles. The fraction of sp³-hybridized carbons (Fsp3) is 0.500. The maximum atomic E-state index is 12.0. The molecule has 6 heteroatoms. The monoisotopic (exact) mass is 361 g/mol. The Bertz CT molecular complexity index is 858. The van der Waals surface area contributed by atoms with Gasteiger partial charge < -0.3 is 14.8 Å². The van der Waals surface area contributed by atoms with Gasteiger partial charge in [-0.1, -0.05) is 23.5 Å². The van der Waals surface area contributed by atoms with Gasteiger partial charge in [0.05, 0.1) is 12.1 Å². The maximum Gasteiger partial charge on any atom is 0.305 e. The van der Waals surface area contributed by atoms with Gasteiger partial charge in [-0.3, -0.25) is 4.79 Å². The van der Waals surface area contributed by atoms with Crippen molar-refractivity contribution in [2.45, 2.75) is 35.5 Å². The first-order valence-electron chi connectivity index (χ1n) is 8.43. The fourth-order valence-electron chi connectivity index (χ4n) is 5.15. The van der Waals surface area contributed by atoms with Gasteiger partial charge in [0.15, 0.2) is 11.5 Å². The molecule has 2 saturated carbocycles. The molecule has 2 aliphatic carbocycles. The lowest BCUT2D eigenvalue weighted by atomic mass is 9.74. The molecule has 2 fully saturated rings. The molecule has 2 heterocycles. The number of benzene rings is 1. The lowest BCUT2D eigenvalue weighted by Crippen LogP contribution is -2.33. The minimum atomic E-state index is 0.00667. The van der Waals surface area contributed by atoms with Crippen molar-refractivity contribution in [1.29, 1.82) is 0 Å². The van der Waals surface area contributed by atoms with Crippen LogP contribution in [0.2, 0.25) is 0 Å². The summed E-state index contributed by atoms with van der Waals surface area (Å²) in [6.45, 7) is 0. The lowest BCUT2D eigenvalue weighted by molar-refractivity contribution is 0.300. The van der Waals surface area contributed by atoms with Crippen molar-refractivity contribution < 1.29 is 9.84 Å². The molecule has 5 atom stereocenters. The normalized spacial score (nSPS) is 33.3. The first-order chi connectivity index (χ1) is 11.7. The number of rotatable bonds is 2. The standard InChI is InChI=1S/C18H19NO3S2/c1-22-11-4-2-3-10(14(11)20)13-12-8-5-6-9(7-8)15(12)23-17-16(13)24-18(21)19-17/h2-4,8-9,12-13,15,20H,5-7H2,1H3,(H,19,21)/t8-,9-,12-,13-,15-/m0/s1. The highest BCUT2D eigenvalue weighted by Gasteiger charge is 2.55. The van der Waals surface area contributed by atoms with Crippen molar-refractivity contribution in [2.24, 2.45) is 17.8 Å². The van der Waals surface area contributed by atoms with Crippen LogP contribution in [0.5, 0.6) is 11.5 Å². The number of aromatic hydroxyl groups is 1. The van der Waals surface area contributed by atoms with Gasteiger partial charge in [-0.15, -0.1) is 11.8 Å². The van der Waals surface area contributed by atoms with Crippen molar-refractivity contribution in [3.05, 3.63) is 38.3 Å². The number of para-hydroxylation sites is 1. The van der Waals surface area contributed by atoms with Crippen molar-refractivity contribution in [3.63, 3.8) is 0 Å². The van der Waals surface area contributed by atoms with Crippen LogP contribution in [0, 0.1) is 17.8 Å². The summed E-state index contributed by atoms with van der Waals surface area (Å²) in [7, 11) is 1.58. The van der Waals surface area contributed by atoms with E-state index >= 15 is 0 Å². The van der Waals surface area contributed by atoms with Crippen LogP contribution in [-0.2, 0) is 0 Å². The van der Waals surface area contributed by atoms with E-state index in [0.717, 1.165) is 21.4 Å². The molecule has 2 aromatic rings. The third kappa shape index (κ3) is 1.96. The summed E-state index contributed by atoms with van der Waals surface area (Å²) in [6.07, 6.45) is 3.88. The highest BCUT2D eigenvalue weighted by atomic mass is 32.2. The molecule has 126 valence electrons. The molecule has 0 spiro atoms. The minimum Gasteiger partial charge on any atom is -0.504 e. The van der Waals surface area contributed by atoms with Crippen LogP contribution in [0.3, 0.4) is 0 Å². The van der Waals surface area contributed by atoms with Crippen LogP contribution < -0.4 is 9.61 Å². The van der Waals surface area contributed by atoms with Gasteiger partial charge in [0.1, 0.15) is 0 Å². The Morgan fingerprint density at radius 1 is 1.29 bits per heavy atom. The summed E-state index contributed by atoms with van der Waals surface area (Å²) in [6, 6.07) is 5.72. The number of aromatic amines is 1. The zero-order valence-corrected chi connectivity index (χ0v) is 15.0. The third-order valence-corrected chi connectivity index (χ3v) is 8.67. The predicted molar refractivity (Wildman–Crippen MR) is 95.4 cm³/mol. The van der Waals surface area contributed by atoms with Crippen LogP contribution in [0.15, 0.2) is 28.0 Å². The first kappa shape index (κ1) is 14.9. The Labute approximate surface area is 148 Å². The van der Waals surface area contributed by atoms with Crippen LogP contribution >= 0.6 is 23.1 Å². The fourth-order valence-corrected chi connectivity index (χ4v) is 8.04. The highest BCUT2D eigenvalue weighted by molar-refractivity contribution is 8.00. The summed E-state index contributed by atoms with van der Waals surface area (Å²) >= 11 is 3.18. The minimum absolute atomic E-state index is 0.00667. The smallest absolute Gasteiger partial charge is 0.305 e. The maximum absolute atomic E-state index is 12.0. The van der Waals surface area contributed by atoms with Gasteiger partial charge in [0.25, 0.3) is 0 Å². The third-order valence-electron chi connectivity index (χ3n) is 6.05. The molecule has 2 N–H and O–H groups in total. The van der Waals surface area contributed by atoms with Crippen molar-refractivity contribution in [2.75, 3.05) is 7.11 Å². The summed E-state index contributed by atoms with van der Waals surface area (Å²) in [5, 5.41) is 12.3. The van der Waals surface area contributed by atoms with Crippen molar-refractivity contribution in [3.8, 4) is 11.5 Å². The lowest BCUT2D eigenvalue weighted by Gasteiger charge is -2.40. The van der Waals surface area contributed by atoms with Gasteiger partial charge in [-0.05, 0) is 43.1 Å². The van der Waals surface area contributed by atoms with E-state index in [2.05, 4.69) is 4.98 Å². The quantitative estimate of drug-likeness (QED) is 0.854. The molecule has 1 aromatic heterocycles. The van der Waals surface area contributed by atoms with Gasteiger partial charge in [0.2, 0.25) is 0 Å². The molecule has 2 bridgehead atoms. The van der Waals surface area contributed by atoms with Crippen LogP contribution in [-0.4, -0.2) is 22.5 Å². The van der Waals surface area contributed by atoms with E-state index in [1.165, 1.54) is 30.6 Å². The first-order valence-corrected chi connectivity index (χ1v) is 10.1. The average Bonchev–Trinajstić information content (AvgIpc) is 3.26. The number of methoxy groups -OCH3 is 1. The van der Waals surface area contributed by atoms with E-state index in [1.807, 2.05) is 23.9 Å². The van der Waals surface area contributed by atoms with Crippen LogP contribution in [0.25, 0.3) is 0 Å². The molecule has 4 nitrogen and oxygen atoms in total. The summed E-state index contributed by atoms with van der Waals surface area (Å²) in [5.74, 6) is 2.79. The zero-order chi connectivity index (χ0) is 16.4. The van der Waals surface area contributed by atoms with E-state index < -0.39 is 0 Å². The Morgan fingerprint density at radius 2 is 2.12 bits per heavy atom. The van der Waals surface area contributed by atoms with E-state index in [1.54, 1.807) is 13.2 Å². The van der Waals surface area contributed by atoms with E-state index in [0.29, 0.717) is 22.8 Å². The molecule has 3 aliphatic rings. The Kier molecular flexibility index (Phi) is 3.29. The number of hydrogen-bond donors (Lipinski definition) is 2. The van der Waals surface area contributed by atoms with Gasteiger partial charge in [-0.2, -0.15) is 0 Å². The Balaban J connectivity index is 1.71. The second-order valence-electron chi connectivity index (χ2n) is 7.08. The molecule has 1 aromatic carbocycles. The summed E-state index contributed by atoms with van der Waals surface area (Å²) < 4.78 is 5.32. The SMILES string of the molecule is COc1cccc([C@@H]2c3sc(=O)[nH]c3S[C@H]3[C@H]4CC[C@@H](C4)[C@@H]23)c1O. The van der Waals surface area contributed by atoms with Crippen LogP contribution in [0.4, 0.5) is 0 Å². The van der Waals surface area contributed by atoms with Gasteiger partial charge in [0, 0.05) is 21.6 Å². The molecule has 0 saturated heterocycles.